The van der Waals surface area contributed by atoms with Crippen LogP contribution in [0.1, 0.15) is 19.8 Å². The lowest BCUT2D eigenvalue weighted by atomic mass is 10.1. The van der Waals surface area contributed by atoms with Crippen LogP contribution < -0.4 is 15.4 Å². The second-order valence-electron chi connectivity index (χ2n) is 11.2. The van der Waals surface area contributed by atoms with Gasteiger partial charge >= 0.3 is 0 Å². The molecule has 6 rings (SSSR count). The number of nitrogens with one attached hydrogen (secondary N) is 1. The van der Waals surface area contributed by atoms with Gasteiger partial charge in [-0.15, -0.1) is 0 Å². The molecule has 4 N–H and O–H groups in total. The van der Waals surface area contributed by atoms with Crippen LogP contribution in [0.15, 0.2) is 48.8 Å². The number of piperazine rings is 1. The monoisotopic (exact) mass is 588 g/mol. The Morgan fingerprint density at radius 2 is 1.86 bits per heavy atom. The number of carbonyl (C=O) groups is 1. The predicted octanol–water partition coefficient (Wildman–Crippen LogP) is 3.11. The fourth-order valence-corrected chi connectivity index (χ4v) is 5.99. The molecular formula is C31H37FN8O3. The summed E-state index contributed by atoms with van der Waals surface area (Å²) >= 11 is 0. The van der Waals surface area contributed by atoms with Gasteiger partial charge in [0.05, 0.1) is 11.4 Å². The van der Waals surface area contributed by atoms with Crippen LogP contribution in [0.25, 0.3) is 33.8 Å². The van der Waals surface area contributed by atoms with Crippen LogP contribution in [0.2, 0.25) is 0 Å². The van der Waals surface area contributed by atoms with Crippen molar-refractivity contribution in [1.29, 1.82) is 0 Å². The third-order valence-electron chi connectivity index (χ3n) is 8.44. The number of halogens is 1. The number of nitrogens with two attached hydrogens (primary N) is 1. The van der Waals surface area contributed by atoms with Crippen molar-refractivity contribution < 1.29 is 19.0 Å². The summed E-state index contributed by atoms with van der Waals surface area (Å²) in [5, 5.41) is 9.09. The van der Waals surface area contributed by atoms with Crippen LogP contribution >= 0.6 is 0 Å². The van der Waals surface area contributed by atoms with Crippen LogP contribution in [0, 0.1) is 0 Å². The molecule has 0 saturated carbocycles. The number of anilines is 2. The van der Waals surface area contributed by atoms with Gasteiger partial charge in [-0.05, 0) is 49.4 Å². The molecule has 43 heavy (non-hydrogen) atoms. The number of aromatic nitrogens is 4. The zero-order chi connectivity index (χ0) is 29.9. The molecule has 4 aromatic rings. The third kappa shape index (κ3) is 6.11. The van der Waals surface area contributed by atoms with E-state index in [1.54, 1.807) is 4.90 Å². The number of aliphatic hydroxyl groups excluding tert-OH is 1. The minimum Gasteiger partial charge on any atom is -0.488 e. The first-order valence-corrected chi connectivity index (χ1v) is 14.7. The molecule has 12 heteroatoms. The number of carbonyl (C=O) groups excluding carboxylic acids is 1. The number of piperidine rings is 1. The molecule has 0 spiro atoms. The number of rotatable bonds is 8. The lowest BCUT2D eigenvalue weighted by molar-refractivity contribution is -0.135. The second kappa shape index (κ2) is 12.5. The molecular weight excluding hydrogens is 551 g/mol. The van der Waals surface area contributed by atoms with Gasteiger partial charge in [-0.1, -0.05) is 0 Å². The normalized spacial score (nSPS) is 18.3. The third-order valence-corrected chi connectivity index (χ3v) is 8.44. The number of amides is 1. The number of hydrogen-bond donors (Lipinski definition) is 3. The summed E-state index contributed by atoms with van der Waals surface area (Å²) in [5.41, 5.74) is 11.7. The van der Waals surface area contributed by atoms with Gasteiger partial charge in [-0.25, -0.2) is 19.3 Å². The highest BCUT2D eigenvalue weighted by Gasteiger charge is 2.25. The highest BCUT2D eigenvalue weighted by atomic mass is 19.1. The summed E-state index contributed by atoms with van der Waals surface area (Å²) in [6, 6.07) is 14.2. The van der Waals surface area contributed by atoms with Crippen molar-refractivity contribution >= 4 is 28.4 Å². The Bertz CT molecular complexity index is 1570. The quantitative estimate of drug-likeness (QED) is 0.265. The summed E-state index contributed by atoms with van der Waals surface area (Å²) in [6.45, 7) is 5.52. The van der Waals surface area contributed by atoms with Crippen molar-refractivity contribution in [3.05, 3.63) is 48.8 Å². The Kier molecular flexibility index (Phi) is 8.39. The number of ether oxygens (including phenoxy) is 1. The van der Waals surface area contributed by atoms with Crippen molar-refractivity contribution in [2.24, 2.45) is 0 Å². The largest absolute Gasteiger partial charge is 0.488 e. The molecule has 1 amide bonds. The summed E-state index contributed by atoms with van der Waals surface area (Å²) in [7, 11) is 0. The van der Waals surface area contributed by atoms with Crippen molar-refractivity contribution in [1.82, 2.24) is 29.7 Å². The fraction of sp³-hybridized carbons (Fsp3) is 0.419. The van der Waals surface area contributed by atoms with E-state index < -0.39 is 6.61 Å². The molecule has 2 saturated heterocycles. The SMILES string of the molecule is CC1CN(c2ccc(-c3nc4ncnc(-c5ccc(OC6CCN(C(=O)CO)CC6)c(N)c5)c4[nH]3)cc2)CCN1CCF. The van der Waals surface area contributed by atoms with Gasteiger partial charge < -0.3 is 30.4 Å². The van der Waals surface area contributed by atoms with Gasteiger partial charge in [0.15, 0.2) is 5.65 Å². The molecule has 2 fully saturated rings. The number of H-pyrrole nitrogens is 1. The molecule has 0 bridgehead atoms. The van der Waals surface area contributed by atoms with Gasteiger partial charge in [0, 0.05) is 75.0 Å². The number of aliphatic hydroxyl groups is 1. The van der Waals surface area contributed by atoms with E-state index in [9.17, 15) is 9.18 Å². The number of hydrogen-bond acceptors (Lipinski definition) is 9. The zero-order valence-corrected chi connectivity index (χ0v) is 24.2. The highest BCUT2D eigenvalue weighted by molar-refractivity contribution is 5.90. The van der Waals surface area contributed by atoms with Gasteiger partial charge in [0.25, 0.3) is 0 Å². The van der Waals surface area contributed by atoms with Gasteiger partial charge in [0.1, 0.15) is 42.8 Å². The van der Waals surface area contributed by atoms with Crippen LogP contribution in [0.4, 0.5) is 15.8 Å². The van der Waals surface area contributed by atoms with E-state index in [1.165, 1.54) is 6.33 Å². The Labute approximate surface area is 249 Å². The predicted molar refractivity (Wildman–Crippen MR) is 164 cm³/mol. The summed E-state index contributed by atoms with van der Waals surface area (Å²) in [6.07, 6.45) is 2.79. The number of aromatic amines is 1. The molecule has 1 atom stereocenters. The molecule has 1 unspecified atom stereocenters. The Hall–Kier alpha value is -4.29. The second-order valence-corrected chi connectivity index (χ2v) is 11.2. The first kappa shape index (κ1) is 28.8. The average molecular weight is 589 g/mol. The number of nitrogens with zero attached hydrogens (tertiary/aromatic N) is 6. The van der Waals surface area contributed by atoms with Gasteiger partial charge in [-0.3, -0.25) is 9.69 Å². The first-order chi connectivity index (χ1) is 20.9. The lowest BCUT2D eigenvalue weighted by Gasteiger charge is -2.40. The van der Waals surface area contributed by atoms with E-state index in [-0.39, 0.29) is 18.7 Å². The molecule has 2 aromatic carbocycles. The molecule has 2 aliphatic heterocycles. The maximum Gasteiger partial charge on any atom is 0.248 e. The van der Waals surface area contributed by atoms with Gasteiger partial charge in [-0.2, -0.15) is 0 Å². The van der Waals surface area contributed by atoms with E-state index >= 15 is 0 Å². The van der Waals surface area contributed by atoms with Crippen LogP contribution in [0.5, 0.6) is 5.75 Å². The number of nitrogen functional groups attached to an aromatic ring is 1. The number of alkyl halides is 1. The Balaban J connectivity index is 1.16. The Morgan fingerprint density at radius 1 is 1.09 bits per heavy atom. The van der Waals surface area contributed by atoms with Crippen molar-refractivity contribution in [2.75, 3.05) is 63.2 Å². The summed E-state index contributed by atoms with van der Waals surface area (Å²) in [4.78, 5) is 35.0. The number of fused-ring (bicyclic) bond motifs is 1. The highest BCUT2D eigenvalue weighted by Crippen LogP contribution is 2.33. The molecule has 11 nitrogen and oxygen atoms in total. The fourth-order valence-electron chi connectivity index (χ4n) is 5.99. The van der Waals surface area contributed by atoms with E-state index in [0.717, 1.165) is 36.4 Å². The number of imidazole rings is 1. The van der Waals surface area contributed by atoms with Crippen LogP contribution in [0.3, 0.4) is 0 Å². The van der Waals surface area contributed by atoms with Crippen LogP contribution in [-0.4, -0.2) is 105 Å². The average Bonchev–Trinajstić information content (AvgIpc) is 3.48. The van der Waals surface area contributed by atoms with E-state index in [1.807, 2.05) is 30.3 Å². The van der Waals surface area contributed by atoms with Crippen molar-refractivity contribution in [3.8, 4) is 28.4 Å². The standard InChI is InChI=1S/C31H37FN8O3/c1-20-17-40(15-14-38(20)13-10-32)23-5-2-21(3-6-23)30-36-29-28(34-19-35-31(29)37-30)22-4-7-26(25(33)16-22)43-24-8-11-39(12-9-24)27(42)18-41/h2-7,16,19-20,24,41H,8-15,17-18,33H2,1H3,(H,34,35,36,37). The maximum absolute atomic E-state index is 12.8. The molecule has 2 aromatic heterocycles. The lowest BCUT2D eigenvalue weighted by Crippen LogP contribution is -2.52. The Morgan fingerprint density at radius 3 is 2.56 bits per heavy atom. The van der Waals surface area contributed by atoms with Crippen molar-refractivity contribution in [2.45, 2.75) is 31.9 Å². The molecule has 4 heterocycles. The molecule has 0 aliphatic carbocycles. The number of benzene rings is 2. The van der Waals surface area contributed by atoms with Gasteiger partial charge in [0.2, 0.25) is 5.91 Å². The molecule has 2 aliphatic rings. The smallest absolute Gasteiger partial charge is 0.248 e. The zero-order valence-electron chi connectivity index (χ0n) is 24.2. The minimum absolute atomic E-state index is 0.0578. The topological polar surface area (TPSA) is 137 Å². The summed E-state index contributed by atoms with van der Waals surface area (Å²) < 4.78 is 19.0. The maximum atomic E-state index is 12.8. The van der Waals surface area contributed by atoms with E-state index in [4.69, 9.17) is 20.6 Å². The van der Waals surface area contributed by atoms with Crippen molar-refractivity contribution in [3.63, 3.8) is 0 Å². The van der Waals surface area contributed by atoms with Crippen LogP contribution in [-0.2, 0) is 4.79 Å². The first-order valence-electron chi connectivity index (χ1n) is 14.7. The molecule has 0 radical (unpaired) electrons. The van der Waals surface area contributed by atoms with E-state index in [2.05, 4.69) is 43.8 Å². The minimum atomic E-state index is -0.470. The summed E-state index contributed by atoms with van der Waals surface area (Å²) in [5.74, 6) is 1.03. The number of likely N-dealkylation sites (tertiary alicyclic amines) is 1. The van der Waals surface area contributed by atoms with E-state index in [0.29, 0.717) is 72.6 Å². The molecule has 226 valence electrons.